The van der Waals surface area contributed by atoms with E-state index in [1.54, 1.807) is 35.7 Å². The average Bonchev–Trinajstić information content (AvgIpc) is 3.48. The second-order valence-electron chi connectivity index (χ2n) is 7.08. The molecular weight excluding hydrogens is 400 g/mol. The lowest BCUT2D eigenvalue weighted by Gasteiger charge is -2.03. The van der Waals surface area contributed by atoms with Gasteiger partial charge in [0.05, 0.1) is 5.52 Å². The Bertz CT molecular complexity index is 1510. The summed E-state index contributed by atoms with van der Waals surface area (Å²) in [5, 5.41) is 4.81. The molecule has 0 amide bonds. The Kier molecular flexibility index (Phi) is 4.25. The highest BCUT2D eigenvalue weighted by molar-refractivity contribution is 5.72. The van der Waals surface area contributed by atoms with Crippen molar-refractivity contribution in [2.45, 2.75) is 0 Å². The standard InChI is InChI=1S/C24H16N8/c1-3-13-27-19(9-1)21-28-23(18-8-6-12-26-16-18)32(30-21)24-20-10-2-4-14-31(20)22(29-24)17-7-5-11-25-15-17/h1-16H. The van der Waals surface area contributed by atoms with Gasteiger partial charge in [0.1, 0.15) is 11.5 Å². The summed E-state index contributed by atoms with van der Waals surface area (Å²) in [5.41, 5.74) is 3.33. The summed E-state index contributed by atoms with van der Waals surface area (Å²) in [6.07, 6.45) is 10.8. The molecule has 0 fully saturated rings. The fraction of sp³-hybridized carbons (Fsp3) is 0. The minimum atomic E-state index is 0.518. The highest BCUT2D eigenvalue weighted by Gasteiger charge is 2.21. The number of imidazole rings is 1. The van der Waals surface area contributed by atoms with Crippen LogP contribution in [0.2, 0.25) is 0 Å². The molecule has 0 aliphatic rings. The summed E-state index contributed by atoms with van der Waals surface area (Å²) in [5.74, 6) is 2.60. The van der Waals surface area contributed by atoms with Crippen LogP contribution in [0.5, 0.6) is 0 Å². The number of hydrogen-bond donors (Lipinski definition) is 0. The third kappa shape index (κ3) is 3.02. The van der Waals surface area contributed by atoms with Crippen LogP contribution in [0.4, 0.5) is 0 Å². The maximum atomic E-state index is 4.97. The van der Waals surface area contributed by atoms with Gasteiger partial charge in [0, 0.05) is 48.3 Å². The SMILES string of the molecule is c1ccc(-c2nc(-c3cccnc3)n(-c3nc(-c4cccnc4)n4ccccc34)n2)nc1. The molecule has 0 unspecified atom stereocenters. The Morgan fingerprint density at radius 3 is 2.16 bits per heavy atom. The van der Waals surface area contributed by atoms with Gasteiger partial charge in [-0.3, -0.25) is 19.4 Å². The van der Waals surface area contributed by atoms with Gasteiger partial charge in [-0.2, -0.15) is 4.68 Å². The van der Waals surface area contributed by atoms with Crippen molar-refractivity contribution in [3.05, 3.63) is 97.8 Å². The van der Waals surface area contributed by atoms with Crippen molar-refractivity contribution >= 4 is 5.52 Å². The molecule has 0 atom stereocenters. The van der Waals surface area contributed by atoms with Gasteiger partial charge in [0.15, 0.2) is 11.6 Å². The topological polar surface area (TPSA) is 86.7 Å². The lowest BCUT2D eigenvalue weighted by molar-refractivity contribution is 0.869. The summed E-state index contributed by atoms with van der Waals surface area (Å²) >= 11 is 0. The summed E-state index contributed by atoms with van der Waals surface area (Å²) in [4.78, 5) is 22.7. The third-order valence-corrected chi connectivity index (χ3v) is 5.07. The van der Waals surface area contributed by atoms with Gasteiger partial charge < -0.3 is 0 Å². The van der Waals surface area contributed by atoms with Crippen LogP contribution >= 0.6 is 0 Å². The number of aromatic nitrogens is 8. The zero-order chi connectivity index (χ0) is 21.3. The van der Waals surface area contributed by atoms with Gasteiger partial charge in [-0.15, -0.1) is 5.10 Å². The van der Waals surface area contributed by atoms with Gasteiger partial charge in [0.2, 0.25) is 5.82 Å². The van der Waals surface area contributed by atoms with E-state index in [-0.39, 0.29) is 0 Å². The summed E-state index contributed by atoms with van der Waals surface area (Å²) < 4.78 is 3.79. The Morgan fingerprint density at radius 2 is 1.44 bits per heavy atom. The van der Waals surface area contributed by atoms with Gasteiger partial charge in [-0.1, -0.05) is 12.1 Å². The van der Waals surface area contributed by atoms with E-state index in [1.807, 2.05) is 71.3 Å². The van der Waals surface area contributed by atoms with Crippen molar-refractivity contribution in [2.24, 2.45) is 0 Å². The maximum Gasteiger partial charge on any atom is 0.200 e. The Labute approximate surface area is 182 Å². The van der Waals surface area contributed by atoms with Gasteiger partial charge in [-0.25, -0.2) is 9.97 Å². The smallest absolute Gasteiger partial charge is 0.200 e. The summed E-state index contributed by atoms with van der Waals surface area (Å²) in [7, 11) is 0. The average molecular weight is 416 g/mol. The van der Waals surface area contributed by atoms with Crippen molar-refractivity contribution in [1.29, 1.82) is 0 Å². The van der Waals surface area contributed by atoms with Crippen LogP contribution in [0.3, 0.4) is 0 Å². The maximum absolute atomic E-state index is 4.97. The van der Waals surface area contributed by atoms with Crippen LogP contribution in [-0.4, -0.2) is 39.1 Å². The summed E-state index contributed by atoms with van der Waals surface area (Å²) in [6, 6.07) is 19.4. The molecule has 0 N–H and O–H groups in total. The highest BCUT2D eigenvalue weighted by Crippen LogP contribution is 2.29. The van der Waals surface area contributed by atoms with E-state index in [0.717, 1.165) is 22.5 Å². The molecule has 0 aliphatic carbocycles. The second-order valence-corrected chi connectivity index (χ2v) is 7.08. The predicted octanol–water partition coefficient (Wildman–Crippen LogP) is 4.10. The van der Waals surface area contributed by atoms with Crippen molar-refractivity contribution in [1.82, 2.24) is 39.1 Å². The minimum absolute atomic E-state index is 0.518. The highest BCUT2D eigenvalue weighted by atomic mass is 15.4. The van der Waals surface area contributed by atoms with Crippen LogP contribution in [0, 0.1) is 0 Å². The first-order chi connectivity index (χ1) is 15.9. The zero-order valence-corrected chi connectivity index (χ0v) is 16.8. The quantitative estimate of drug-likeness (QED) is 0.430. The molecule has 0 bridgehead atoms. The number of pyridine rings is 4. The molecular formula is C24H16N8. The third-order valence-electron chi connectivity index (χ3n) is 5.07. The fourth-order valence-corrected chi connectivity index (χ4v) is 3.62. The van der Waals surface area contributed by atoms with Crippen LogP contribution in [0.25, 0.3) is 45.6 Å². The molecule has 6 rings (SSSR count). The van der Waals surface area contributed by atoms with Crippen molar-refractivity contribution in [3.8, 4) is 40.1 Å². The Balaban J connectivity index is 1.63. The summed E-state index contributed by atoms with van der Waals surface area (Å²) in [6.45, 7) is 0. The molecule has 6 aromatic heterocycles. The zero-order valence-electron chi connectivity index (χ0n) is 16.8. The Hall–Kier alpha value is -4.72. The molecule has 0 saturated carbocycles. The van der Waals surface area contributed by atoms with E-state index in [2.05, 4.69) is 15.0 Å². The van der Waals surface area contributed by atoms with E-state index in [4.69, 9.17) is 15.1 Å². The van der Waals surface area contributed by atoms with Crippen molar-refractivity contribution in [2.75, 3.05) is 0 Å². The van der Waals surface area contributed by atoms with Crippen molar-refractivity contribution < 1.29 is 0 Å². The molecule has 0 saturated heterocycles. The predicted molar refractivity (Wildman–Crippen MR) is 120 cm³/mol. The largest absolute Gasteiger partial charge is 0.298 e. The first-order valence-electron chi connectivity index (χ1n) is 10.1. The van der Waals surface area contributed by atoms with Crippen molar-refractivity contribution in [3.63, 3.8) is 0 Å². The van der Waals surface area contributed by atoms with E-state index >= 15 is 0 Å². The number of rotatable bonds is 4. The van der Waals surface area contributed by atoms with Crippen LogP contribution in [0.1, 0.15) is 0 Å². The fourth-order valence-electron chi connectivity index (χ4n) is 3.62. The van der Waals surface area contributed by atoms with E-state index in [0.29, 0.717) is 23.2 Å². The van der Waals surface area contributed by atoms with E-state index in [1.165, 1.54) is 0 Å². The number of nitrogens with zero attached hydrogens (tertiary/aromatic N) is 8. The van der Waals surface area contributed by atoms with Crippen LogP contribution < -0.4 is 0 Å². The first-order valence-corrected chi connectivity index (χ1v) is 10.1. The molecule has 32 heavy (non-hydrogen) atoms. The lowest BCUT2D eigenvalue weighted by Crippen LogP contribution is -2.01. The molecule has 8 heteroatoms. The normalized spacial score (nSPS) is 11.1. The van der Waals surface area contributed by atoms with Crippen LogP contribution in [-0.2, 0) is 0 Å². The Morgan fingerprint density at radius 1 is 0.656 bits per heavy atom. The molecule has 6 aromatic rings. The number of hydrogen-bond acceptors (Lipinski definition) is 6. The van der Waals surface area contributed by atoms with Gasteiger partial charge in [-0.05, 0) is 48.5 Å². The monoisotopic (exact) mass is 416 g/mol. The van der Waals surface area contributed by atoms with Gasteiger partial charge in [0.25, 0.3) is 0 Å². The molecule has 8 nitrogen and oxygen atoms in total. The lowest BCUT2D eigenvalue weighted by atomic mass is 10.2. The first kappa shape index (κ1) is 18.1. The van der Waals surface area contributed by atoms with Gasteiger partial charge >= 0.3 is 0 Å². The molecule has 0 spiro atoms. The molecule has 0 radical (unpaired) electrons. The van der Waals surface area contributed by atoms with E-state index < -0.39 is 0 Å². The van der Waals surface area contributed by atoms with E-state index in [9.17, 15) is 0 Å². The second kappa shape index (κ2) is 7.51. The van der Waals surface area contributed by atoms with Crippen LogP contribution in [0.15, 0.2) is 97.8 Å². The molecule has 0 aromatic carbocycles. The molecule has 152 valence electrons. The molecule has 0 aliphatic heterocycles. The molecule has 6 heterocycles. The minimum Gasteiger partial charge on any atom is -0.298 e. The number of fused-ring (bicyclic) bond motifs is 1.